The minimum Gasteiger partial charge on any atom is -0.459 e. The minimum absolute atomic E-state index is 0.0635. The van der Waals surface area contributed by atoms with Crippen molar-refractivity contribution in [2.75, 3.05) is 0 Å². The van der Waals surface area contributed by atoms with Crippen molar-refractivity contribution in [1.82, 2.24) is 0 Å². The normalized spacial score (nSPS) is 30.9. The molecule has 3 nitrogen and oxygen atoms in total. The highest BCUT2D eigenvalue weighted by Gasteiger charge is 2.66. The zero-order valence-corrected chi connectivity index (χ0v) is 11.4. The summed E-state index contributed by atoms with van der Waals surface area (Å²) < 4.78 is 5.42. The lowest BCUT2D eigenvalue weighted by Crippen LogP contribution is -2.42. The number of esters is 1. The van der Waals surface area contributed by atoms with Gasteiger partial charge in [0.05, 0.1) is 0 Å². The minimum atomic E-state index is -0.866. The first-order valence-corrected chi connectivity index (χ1v) is 6.34. The summed E-state index contributed by atoms with van der Waals surface area (Å²) in [4.78, 5) is 12.2. The smallest absolute Gasteiger partial charge is 0.327 e. The molecule has 1 aliphatic rings. The third-order valence-electron chi connectivity index (χ3n) is 3.57. The highest BCUT2D eigenvalue weighted by Crippen LogP contribution is 2.56. The van der Waals surface area contributed by atoms with Gasteiger partial charge in [-0.2, -0.15) is 0 Å². The number of benzene rings is 1. The standard InChI is InChI=1S/C15H21NO2/c1-10-12(11-8-6-5-7-9-11)15(10,16)13(17)18-14(2,3)4/h5-10,12H,16H2,1-4H3/t10-,12-,15+/m1/s1. The van der Waals surface area contributed by atoms with Gasteiger partial charge in [-0.25, -0.2) is 0 Å². The Morgan fingerprint density at radius 1 is 1.28 bits per heavy atom. The maximum Gasteiger partial charge on any atom is 0.327 e. The summed E-state index contributed by atoms with van der Waals surface area (Å²) in [5.41, 5.74) is 5.99. The maximum absolute atomic E-state index is 12.2. The molecule has 2 rings (SSSR count). The van der Waals surface area contributed by atoms with E-state index in [2.05, 4.69) is 0 Å². The van der Waals surface area contributed by atoms with Crippen LogP contribution in [0.2, 0.25) is 0 Å². The van der Waals surface area contributed by atoms with Gasteiger partial charge >= 0.3 is 5.97 Å². The summed E-state index contributed by atoms with van der Waals surface area (Å²) in [6.07, 6.45) is 0. The number of ether oxygens (including phenoxy) is 1. The number of nitrogens with two attached hydrogens (primary N) is 1. The molecule has 1 aromatic rings. The van der Waals surface area contributed by atoms with Crippen molar-refractivity contribution in [3.63, 3.8) is 0 Å². The first-order valence-electron chi connectivity index (χ1n) is 6.34. The SMILES string of the molecule is C[C@@H]1[C@H](c2ccccc2)[C@]1(N)C(=O)OC(C)(C)C. The van der Waals surface area contributed by atoms with Gasteiger partial charge in [0.15, 0.2) is 0 Å². The Balaban J connectivity index is 2.17. The molecule has 3 heteroatoms. The van der Waals surface area contributed by atoms with Crippen molar-refractivity contribution in [1.29, 1.82) is 0 Å². The number of carbonyl (C=O) groups is 1. The van der Waals surface area contributed by atoms with Gasteiger partial charge in [-0.3, -0.25) is 4.79 Å². The Kier molecular flexibility index (Phi) is 2.98. The average molecular weight is 247 g/mol. The van der Waals surface area contributed by atoms with Crippen LogP contribution < -0.4 is 5.73 Å². The van der Waals surface area contributed by atoms with E-state index in [0.29, 0.717) is 0 Å². The van der Waals surface area contributed by atoms with E-state index in [1.807, 2.05) is 58.0 Å². The molecule has 2 N–H and O–H groups in total. The van der Waals surface area contributed by atoms with Gasteiger partial charge < -0.3 is 10.5 Å². The molecule has 3 atom stereocenters. The first kappa shape index (κ1) is 13.1. The summed E-state index contributed by atoms with van der Waals surface area (Å²) in [5, 5.41) is 0. The van der Waals surface area contributed by atoms with Gasteiger partial charge in [-0.1, -0.05) is 37.3 Å². The summed E-state index contributed by atoms with van der Waals surface area (Å²) >= 11 is 0. The summed E-state index contributed by atoms with van der Waals surface area (Å²) in [7, 11) is 0. The molecule has 0 amide bonds. The van der Waals surface area contributed by atoms with Crippen LogP contribution in [-0.2, 0) is 9.53 Å². The molecule has 1 saturated carbocycles. The van der Waals surface area contributed by atoms with Crippen molar-refractivity contribution in [3.05, 3.63) is 35.9 Å². The maximum atomic E-state index is 12.2. The van der Waals surface area contributed by atoms with Gasteiger partial charge in [0.25, 0.3) is 0 Å². The molecule has 0 aliphatic heterocycles. The third kappa shape index (κ3) is 2.15. The molecule has 98 valence electrons. The summed E-state index contributed by atoms with van der Waals surface area (Å²) in [6.45, 7) is 7.58. The van der Waals surface area contributed by atoms with Crippen molar-refractivity contribution >= 4 is 5.97 Å². The fourth-order valence-electron chi connectivity index (χ4n) is 2.49. The predicted octanol–water partition coefficient (Wildman–Crippen LogP) is 2.46. The average Bonchev–Trinajstić information content (AvgIpc) is 2.82. The zero-order valence-electron chi connectivity index (χ0n) is 11.4. The number of hydrogen-bond acceptors (Lipinski definition) is 3. The molecule has 0 spiro atoms. The second kappa shape index (κ2) is 4.09. The van der Waals surface area contributed by atoms with Crippen LogP contribution >= 0.6 is 0 Å². The first-order chi connectivity index (χ1) is 8.27. The van der Waals surface area contributed by atoms with Crippen molar-refractivity contribution in [2.45, 2.75) is 44.8 Å². The Hall–Kier alpha value is -1.35. The van der Waals surface area contributed by atoms with Crippen LogP contribution in [0.25, 0.3) is 0 Å². The molecule has 0 unspecified atom stereocenters. The largest absolute Gasteiger partial charge is 0.459 e. The van der Waals surface area contributed by atoms with Crippen LogP contribution in [0.5, 0.6) is 0 Å². The van der Waals surface area contributed by atoms with Crippen LogP contribution in [0.4, 0.5) is 0 Å². The highest BCUT2D eigenvalue weighted by molar-refractivity contribution is 5.88. The topological polar surface area (TPSA) is 52.3 Å². The van der Waals surface area contributed by atoms with Gasteiger partial charge in [0, 0.05) is 5.92 Å². The van der Waals surface area contributed by atoms with Crippen molar-refractivity contribution in [2.24, 2.45) is 11.7 Å². The number of carbonyl (C=O) groups excluding carboxylic acids is 1. The molecular formula is C15H21NO2. The lowest BCUT2D eigenvalue weighted by Gasteiger charge is -2.22. The second-order valence-electron chi connectivity index (χ2n) is 6.11. The van der Waals surface area contributed by atoms with Crippen molar-refractivity contribution < 1.29 is 9.53 Å². The Morgan fingerprint density at radius 3 is 2.33 bits per heavy atom. The number of hydrogen-bond donors (Lipinski definition) is 1. The van der Waals surface area contributed by atoms with Crippen LogP contribution in [0.3, 0.4) is 0 Å². The van der Waals surface area contributed by atoms with E-state index in [-0.39, 0.29) is 17.8 Å². The van der Waals surface area contributed by atoms with E-state index in [4.69, 9.17) is 10.5 Å². The Morgan fingerprint density at radius 2 is 1.83 bits per heavy atom. The summed E-state index contributed by atoms with van der Waals surface area (Å²) in [6, 6.07) is 9.92. The molecule has 18 heavy (non-hydrogen) atoms. The second-order valence-corrected chi connectivity index (χ2v) is 6.11. The monoisotopic (exact) mass is 247 g/mol. The van der Waals surface area contributed by atoms with Gasteiger partial charge in [-0.05, 0) is 32.3 Å². The van der Waals surface area contributed by atoms with E-state index in [1.165, 1.54) is 0 Å². The van der Waals surface area contributed by atoms with Gasteiger partial charge in [-0.15, -0.1) is 0 Å². The molecule has 1 aliphatic carbocycles. The van der Waals surface area contributed by atoms with E-state index < -0.39 is 11.1 Å². The third-order valence-corrected chi connectivity index (χ3v) is 3.57. The summed E-state index contributed by atoms with van der Waals surface area (Å²) in [5.74, 6) is -0.111. The van der Waals surface area contributed by atoms with Crippen LogP contribution in [0.15, 0.2) is 30.3 Å². The molecule has 0 aromatic heterocycles. The van der Waals surface area contributed by atoms with E-state index in [1.54, 1.807) is 0 Å². The fourth-order valence-corrected chi connectivity index (χ4v) is 2.49. The van der Waals surface area contributed by atoms with E-state index in [9.17, 15) is 4.79 Å². The van der Waals surface area contributed by atoms with E-state index in [0.717, 1.165) is 5.56 Å². The molecular weight excluding hydrogens is 226 g/mol. The van der Waals surface area contributed by atoms with E-state index >= 15 is 0 Å². The molecule has 1 aromatic carbocycles. The van der Waals surface area contributed by atoms with Crippen LogP contribution in [-0.4, -0.2) is 17.1 Å². The Bertz CT molecular complexity index is 449. The van der Waals surface area contributed by atoms with Crippen molar-refractivity contribution in [3.8, 4) is 0 Å². The molecule has 1 fully saturated rings. The zero-order chi connectivity index (χ0) is 13.6. The lowest BCUT2D eigenvalue weighted by molar-refractivity contribution is -0.158. The van der Waals surface area contributed by atoms with Crippen LogP contribution in [0, 0.1) is 5.92 Å². The molecule has 0 heterocycles. The number of rotatable bonds is 2. The molecule has 0 bridgehead atoms. The fraction of sp³-hybridized carbons (Fsp3) is 0.533. The predicted molar refractivity (Wildman–Crippen MR) is 71.1 cm³/mol. The molecule has 0 radical (unpaired) electrons. The highest BCUT2D eigenvalue weighted by atomic mass is 16.6. The van der Waals surface area contributed by atoms with Gasteiger partial charge in [0.1, 0.15) is 11.1 Å². The quantitative estimate of drug-likeness (QED) is 0.817. The lowest BCUT2D eigenvalue weighted by atomic mass is 10.1. The Labute approximate surface area is 108 Å². The molecule has 0 saturated heterocycles. The van der Waals surface area contributed by atoms with Gasteiger partial charge in [0.2, 0.25) is 0 Å². The van der Waals surface area contributed by atoms with Crippen LogP contribution in [0.1, 0.15) is 39.2 Å².